The smallest absolute Gasteiger partial charge is 0.229 e. The second-order valence-electron chi connectivity index (χ2n) is 10.2. The molecule has 8 N–H and O–H groups in total. The number of phenolic OH excluding ortho intramolecular Hbond substituents is 1. The highest BCUT2D eigenvalue weighted by Gasteiger charge is 2.48. The average molecular weight is 579 g/mol. The Bertz CT molecular complexity index is 1330. The van der Waals surface area contributed by atoms with Crippen LogP contribution in [0.2, 0.25) is 0 Å². The van der Waals surface area contributed by atoms with E-state index in [0.29, 0.717) is 5.56 Å². The van der Waals surface area contributed by atoms with Crippen molar-refractivity contribution in [2.45, 2.75) is 68.3 Å². The molecular formula is C27H30O14. The zero-order valence-electron chi connectivity index (χ0n) is 21.6. The zero-order chi connectivity index (χ0) is 29.7. The quantitative estimate of drug-likeness (QED) is 0.151. The molecule has 0 saturated carbocycles. The van der Waals surface area contributed by atoms with Gasteiger partial charge in [0.1, 0.15) is 60.3 Å². The second-order valence-corrected chi connectivity index (χ2v) is 10.2. The molecule has 2 saturated heterocycles. The Morgan fingerprint density at radius 2 is 1.39 bits per heavy atom. The molecule has 10 atom stereocenters. The van der Waals surface area contributed by atoms with Crippen LogP contribution in [0.5, 0.6) is 11.5 Å². The second kappa shape index (κ2) is 11.3. The lowest BCUT2D eigenvalue weighted by molar-refractivity contribution is -0.323. The monoisotopic (exact) mass is 578 g/mol. The largest absolute Gasteiger partial charge is 0.507 e. The standard InChI is InChI=1S/C27H30O14/c1-9-5-11-17(21(33)16-10(18(11)30)3-2-4-12(16)29)13(6-9)39-27-25(37)23(35)20(32)15(41-27)8-38-26-24(36)22(34)19(31)14(7-28)40-26/h2-6,14-15,19-20,22-29,31-32,34-37H,7-8H2,1H3/t14-,15?,19-,20-,22+,23+,24-,25-,26-,27-/m1/s1. The van der Waals surface area contributed by atoms with Crippen molar-refractivity contribution in [2.75, 3.05) is 13.2 Å². The fraction of sp³-hybridized carbons (Fsp3) is 0.481. The van der Waals surface area contributed by atoms with Gasteiger partial charge in [-0.25, -0.2) is 0 Å². The molecule has 2 fully saturated rings. The summed E-state index contributed by atoms with van der Waals surface area (Å²) in [6.45, 7) is 0.354. The van der Waals surface area contributed by atoms with Crippen LogP contribution in [0.3, 0.4) is 0 Å². The number of fused-ring (bicyclic) bond motifs is 2. The molecule has 0 bridgehead atoms. The van der Waals surface area contributed by atoms with Gasteiger partial charge in [0.2, 0.25) is 12.1 Å². The molecule has 1 unspecified atom stereocenters. The minimum atomic E-state index is -1.83. The Kier molecular flexibility index (Phi) is 8.15. The van der Waals surface area contributed by atoms with E-state index in [1.54, 1.807) is 6.92 Å². The maximum absolute atomic E-state index is 13.4. The van der Waals surface area contributed by atoms with Crippen molar-refractivity contribution >= 4 is 11.6 Å². The summed E-state index contributed by atoms with van der Waals surface area (Å²) in [6.07, 6.45) is -16.4. The summed E-state index contributed by atoms with van der Waals surface area (Å²) in [6, 6.07) is 6.98. The average Bonchev–Trinajstić information content (AvgIpc) is 2.94. The van der Waals surface area contributed by atoms with E-state index in [1.165, 1.54) is 30.3 Å². The first-order chi connectivity index (χ1) is 19.4. The van der Waals surface area contributed by atoms with Gasteiger partial charge in [-0.2, -0.15) is 0 Å². The molecule has 2 aliphatic heterocycles. The van der Waals surface area contributed by atoms with Crippen molar-refractivity contribution in [3.63, 3.8) is 0 Å². The van der Waals surface area contributed by atoms with E-state index in [9.17, 15) is 50.4 Å². The van der Waals surface area contributed by atoms with E-state index < -0.39 is 91.9 Å². The first-order valence-electron chi connectivity index (χ1n) is 12.8. The number of benzene rings is 2. The van der Waals surface area contributed by atoms with Crippen molar-refractivity contribution in [1.29, 1.82) is 0 Å². The molecule has 0 aromatic heterocycles. The predicted octanol–water partition coefficient (Wildman–Crippen LogP) is -2.52. The first kappa shape index (κ1) is 29.5. The van der Waals surface area contributed by atoms with Crippen LogP contribution in [0.15, 0.2) is 30.3 Å². The van der Waals surface area contributed by atoms with Crippen LogP contribution in [-0.2, 0) is 14.2 Å². The number of hydrogen-bond donors (Lipinski definition) is 8. The number of aliphatic hydroxyl groups excluding tert-OH is 7. The van der Waals surface area contributed by atoms with E-state index in [0.717, 1.165) is 0 Å². The number of hydrogen-bond acceptors (Lipinski definition) is 14. The number of aromatic hydroxyl groups is 1. The van der Waals surface area contributed by atoms with Crippen LogP contribution in [0, 0.1) is 6.92 Å². The molecule has 2 aromatic carbocycles. The third kappa shape index (κ3) is 5.12. The van der Waals surface area contributed by atoms with Crippen molar-refractivity contribution in [3.8, 4) is 11.5 Å². The Labute approximate surface area is 232 Å². The Balaban J connectivity index is 1.38. The van der Waals surface area contributed by atoms with Crippen LogP contribution in [0.25, 0.3) is 0 Å². The maximum Gasteiger partial charge on any atom is 0.229 e. The molecule has 41 heavy (non-hydrogen) atoms. The minimum Gasteiger partial charge on any atom is -0.507 e. The fourth-order valence-electron chi connectivity index (χ4n) is 5.17. The first-order valence-corrected chi connectivity index (χ1v) is 12.8. The summed E-state index contributed by atoms with van der Waals surface area (Å²) >= 11 is 0. The van der Waals surface area contributed by atoms with Gasteiger partial charge in [-0.3, -0.25) is 9.59 Å². The van der Waals surface area contributed by atoms with E-state index >= 15 is 0 Å². The highest BCUT2D eigenvalue weighted by Crippen LogP contribution is 2.39. The molecule has 0 spiro atoms. The van der Waals surface area contributed by atoms with E-state index in [4.69, 9.17) is 18.9 Å². The Morgan fingerprint density at radius 1 is 0.756 bits per heavy atom. The number of carbonyl (C=O) groups excluding carboxylic acids is 2. The van der Waals surface area contributed by atoms with Crippen LogP contribution >= 0.6 is 0 Å². The summed E-state index contributed by atoms with van der Waals surface area (Å²) in [7, 11) is 0. The van der Waals surface area contributed by atoms with Crippen LogP contribution in [0.1, 0.15) is 37.4 Å². The molecule has 14 heteroatoms. The summed E-state index contributed by atoms with van der Waals surface area (Å²) in [5.41, 5.74) is 0.107. The fourth-order valence-corrected chi connectivity index (χ4v) is 5.17. The predicted molar refractivity (Wildman–Crippen MR) is 133 cm³/mol. The van der Waals surface area contributed by atoms with Crippen LogP contribution in [-0.4, -0.2) is 127 Å². The summed E-state index contributed by atoms with van der Waals surface area (Å²) in [5, 5.41) is 81.4. The van der Waals surface area contributed by atoms with E-state index in [2.05, 4.69) is 0 Å². The Morgan fingerprint density at radius 3 is 2.07 bits per heavy atom. The van der Waals surface area contributed by atoms with Crippen molar-refractivity contribution < 1.29 is 69.4 Å². The lowest BCUT2D eigenvalue weighted by atomic mass is 9.82. The van der Waals surface area contributed by atoms with E-state index in [1.807, 2.05) is 0 Å². The number of aryl methyl sites for hydroxylation is 1. The third-order valence-corrected chi connectivity index (χ3v) is 7.42. The van der Waals surface area contributed by atoms with Gasteiger partial charge in [-0.05, 0) is 30.7 Å². The lowest BCUT2D eigenvalue weighted by Gasteiger charge is -2.42. The molecule has 3 aliphatic rings. The normalized spacial score (nSPS) is 35.1. The molecule has 0 radical (unpaired) electrons. The van der Waals surface area contributed by atoms with Gasteiger partial charge >= 0.3 is 0 Å². The SMILES string of the molecule is Cc1cc(O[C@@H]2OC(CO[C@@H]3O[C@H](CO)[C@@H](O)[C@H](O)[C@H]3O)[C@@H](O)[C@H](O)[C@H]2O)c2c(c1)C(=O)c1cccc(O)c1C2=O. The number of ether oxygens (including phenoxy) is 4. The van der Waals surface area contributed by atoms with Crippen LogP contribution < -0.4 is 4.74 Å². The number of rotatable bonds is 6. The van der Waals surface area contributed by atoms with Crippen molar-refractivity contribution in [3.05, 3.63) is 58.1 Å². The summed E-state index contributed by atoms with van der Waals surface area (Å²) < 4.78 is 22.1. The number of ketones is 2. The number of aliphatic hydroxyl groups is 7. The molecule has 222 valence electrons. The van der Waals surface area contributed by atoms with Crippen LogP contribution in [0.4, 0.5) is 0 Å². The van der Waals surface area contributed by atoms with Gasteiger partial charge in [0.25, 0.3) is 0 Å². The Hall–Kier alpha value is -3.02. The van der Waals surface area contributed by atoms with Gasteiger partial charge in [0.15, 0.2) is 12.1 Å². The highest BCUT2D eigenvalue weighted by atomic mass is 16.7. The van der Waals surface area contributed by atoms with Gasteiger partial charge in [0, 0.05) is 11.1 Å². The molecule has 1 aliphatic carbocycles. The highest BCUT2D eigenvalue weighted by molar-refractivity contribution is 6.30. The molecule has 5 rings (SSSR count). The molecule has 0 amide bonds. The minimum absolute atomic E-state index is 0.00326. The van der Waals surface area contributed by atoms with Gasteiger partial charge in [0.05, 0.1) is 24.3 Å². The number of phenols is 1. The maximum atomic E-state index is 13.4. The topological polar surface area (TPSA) is 233 Å². The molecule has 2 aromatic rings. The molecular weight excluding hydrogens is 548 g/mol. The van der Waals surface area contributed by atoms with Crippen molar-refractivity contribution in [1.82, 2.24) is 0 Å². The van der Waals surface area contributed by atoms with Crippen molar-refractivity contribution in [2.24, 2.45) is 0 Å². The molecule has 14 nitrogen and oxygen atoms in total. The van der Waals surface area contributed by atoms with Gasteiger partial charge in [-0.1, -0.05) is 12.1 Å². The van der Waals surface area contributed by atoms with E-state index in [-0.39, 0.29) is 28.0 Å². The lowest BCUT2D eigenvalue weighted by Crippen LogP contribution is -2.62. The van der Waals surface area contributed by atoms with Gasteiger partial charge in [-0.15, -0.1) is 0 Å². The zero-order valence-corrected chi connectivity index (χ0v) is 21.6. The van der Waals surface area contributed by atoms with Gasteiger partial charge < -0.3 is 59.8 Å². The summed E-state index contributed by atoms with van der Waals surface area (Å²) in [4.78, 5) is 26.6. The third-order valence-electron chi connectivity index (χ3n) is 7.42. The summed E-state index contributed by atoms with van der Waals surface area (Å²) in [5.74, 6) is -1.84. The molecule has 2 heterocycles. The number of carbonyl (C=O) groups is 2.